The summed E-state index contributed by atoms with van der Waals surface area (Å²) in [6.07, 6.45) is 1.70. The Hall–Kier alpha value is -2.50. The van der Waals surface area contributed by atoms with Crippen LogP contribution in [0.2, 0.25) is 5.02 Å². The average molecular weight is 356 g/mol. The van der Waals surface area contributed by atoms with Gasteiger partial charge in [-0.05, 0) is 29.8 Å². The summed E-state index contributed by atoms with van der Waals surface area (Å²) in [5, 5.41) is 4.45. The predicted octanol–water partition coefficient (Wildman–Crippen LogP) is 5.49. The van der Waals surface area contributed by atoms with Crippen LogP contribution in [0.25, 0.3) is 0 Å². The van der Waals surface area contributed by atoms with Gasteiger partial charge in [0.25, 0.3) is 0 Å². The second kappa shape index (κ2) is 7.38. The first-order chi connectivity index (χ1) is 11.6. The Labute approximate surface area is 148 Å². The molecule has 0 radical (unpaired) electrons. The molecule has 1 N–H and O–H groups in total. The van der Waals surface area contributed by atoms with E-state index in [9.17, 15) is 4.79 Å². The Balaban J connectivity index is 1.86. The van der Waals surface area contributed by atoms with E-state index in [1.165, 1.54) is 18.3 Å². The quantitative estimate of drug-likeness (QED) is 0.486. The zero-order chi connectivity index (χ0) is 16.9. The van der Waals surface area contributed by atoms with Crippen molar-refractivity contribution < 1.29 is 4.79 Å². The van der Waals surface area contributed by atoms with E-state index in [1.54, 1.807) is 18.3 Å². The molecule has 0 aliphatic heterocycles. The summed E-state index contributed by atoms with van der Waals surface area (Å²) in [6.45, 7) is 1.52. The number of nitrogens with zero attached hydrogens (tertiary/aromatic N) is 2. The number of Topliss-reactive ketones (excluding diaryl/α,β-unsaturated/α-hetero) is 1. The summed E-state index contributed by atoms with van der Waals surface area (Å²) in [5.74, 6) is 0.365. The number of rotatable bonds is 5. The number of carbonyl (C=O) groups excluding carboxylic acids is 1. The zero-order valence-electron chi connectivity index (χ0n) is 12.9. The van der Waals surface area contributed by atoms with Crippen molar-refractivity contribution in [2.24, 2.45) is 4.99 Å². The van der Waals surface area contributed by atoms with Crippen LogP contribution in [-0.2, 0) is 0 Å². The number of hydrogen-bond acceptors (Lipinski definition) is 5. The van der Waals surface area contributed by atoms with Gasteiger partial charge in [-0.1, -0.05) is 53.3 Å². The van der Waals surface area contributed by atoms with Crippen molar-refractivity contribution in [3.05, 3.63) is 70.1 Å². The first-order valence-corrected chi connectivity index (χ1v) is 8.45. The fourth-order valence-electron chi connectivity index (χ4n) is 2.01. The smallest absolute Gasteiger partial charge is 0.189 e. The van der Waals surface area contributed by atoms with Gasteiger partial charge in [0.2, 0.25) is 0 Å². The highest BCUT2D eigenvalue weighted by molar-refractivity contribution is 7.18. The first kappa shape index (κ1) is 16.4. The summed E-state index contributed by atoms with van der Waals surface area (Å²) in [7, 11) is 0. The van der Waals surface area contributed by atoms with Crippen LogP contribution in [0.1, 0.15) is 22.2 Å². The molecule has 0 unspecified atom stereocenters. The lowest BCUT2D eigenvalue weighted by atomic mass is 10.2. The van der Waals surface area contributed by atoms with E-state index in [-0.39, 0.29) is 5.78 Å². The normalized spacial score (nSPS) is 10.9. The minimum Gasteiger partial charge on any atom is -0.331 e. The molecule has 4 nitrogen and oxygen atoms in total. The van der Waals surface area contributed by atoms with E-state index in [0.717, 1.165) is 11.3 Å². The van der Waals surface area contributed by atoms with Crippen LogP contribution in [0.3, 0.4) is 0 Å². The van der Waals surface area contributed by atoms with Crippen molar-refractivity contribution in [3.63, 3.8) is 0 Å². The van der Waals surface area contributed by atoms with Crippen molar-refractivity contribution in [1.82, 2.24) is 4.98 Å². The molecule has 1 aromatic heterocycles. The van der Waals surface area contributed by atoms with Gasteiger partial charge in [-0.15, -0.1) is 0 Å². The molecule has 0 aliphatic rings. The zero-order valence-corrected chi connectivity index (χ0v) is 14.4. The van der Waals surface area contributed by atoms with Crippen molar-refractivity contribution in [2.75, 3.05) is 5.32 Å². The van der Waals surface area contributed by atoms with Gasteiger partial charge in [0.05, 0.1) is 0 Å². The molecule has 0 saturated heterocycles. The molecule has 0 amide bonds. The summed E-state index contributed by atoms with van der Waals surface area (Å²) in [4.78, 5) is 21.2. The van der Waals surface area contributed by atoms with Crippen LogP contribution >= 0.6 is 22.9 Å². The summed E-state index contributed by atoms with van der Waals surface area (Å²) >= 11 is 7.16. The highest BCUT2D eigenvalue weighted by Gasteiger charge is 2.14. The minimum absolute atomic E-state index is 0.0585. The maximum atomic E-state index is 11.8. The lowest BCUT2D eigenvalue weighted by Gasteiger charge is -2.01. The third-order valence-corrected chi connectivity index (χ3v) is 4.47. The highest BCUT2D eigenvalue weighted by atomic mass is 35.5. The number of ketones is 1. The fourth-order valence-corrected chi connectivity index (χ4v) is 2.97. The molecule has 3 rings (SSSR count). The van der Waals surface area contributed by atoms with Crippen molar-refractivity contribution in [1.29, 1.82) is 0 Å². The van der Waals surface area contributed by atoms with Gasteiger partial charge in [-0.2, -0.15) is 4.98 Å². The van der Waals surface area contributed by atoms with Crippen molar-refractivity contribution in [3.8, 4) is 0 Å². The van der Waals surface area contributed by atoms with Crippen LogP contribution in [0, 0.1) is 0 Å². The van der Waals surface area contributed by atoms with Crippen LogP contribution < -0.4 is 5.32 Å². The number of halogens is 1. The molecule has 0 atom stereocenters. The number of nitrogens with one attached hydrogen (secondary N) is 1. The predicted molar refractivity (Wildman–Crippen MR) is 101 cm³/mol. The SMILES string of the molecule is CC(=O)c1sc(Nc2ccc(Cl)cc2)nc1/N=C/c1ccccc1. The minimum atomic E-state index is -0.0585. The number of hydrogen-bond donors (Lipinski definition) is 1. The number of aliphatic imine (C=N–C) groups is 1. The molecule has 6 heteroatoms. The van der Waals surface area contributed by atoms with Crippen molar-refractivity contribution >= 4 is 51.6 Å². The number of aromatic nitrogens is 1. The molecule has 0 bridgehead atoms. The number of carbonyl (C=O) groups is 1. The molecule has 120 valence electrons. The van der Waals surface area contributed by atoms with Crippen LogP contribution in [-0.4, -0.2) is 17.0 Å². The third kappa shape index (κ3) is 4.07. The second-order valence-electron chi connectivity index (χ2n) is 5.03. The van der Waals surface area contributed by atoms with E-state index in [2.05, 4.69) is 15.3 Å². The van der Waals surface area contributed by atoms with Crippen LogP contribution in [0.4, 0.5) is 16.6 Å². The molecular formula is C18H14ClN3OS. The molecule has 0 fully saturated rings. The van der Waals surface area contributed by atoms with Crippen molar-refractivity contribution in [2.45, 2.75) is 6.92 Å². The lowest BCUT2D eigenvalue weighted by molar-refractivity contribution is 0.102. The van der Waals surface area contributed by atoms with Gasteiger partial charge < -0.3 is 5.32 Å². The Morgan fingerprint density at radius 2 is 1.88 bits per heavy atom. The maximum absolute atomic E-state index is 11.8. The Morgan fingerprint density at radius 1 is 1.17 bits per heavy atom. The Bertz CT molecular complexity index is 873. The molecule has 3 aromatic rings. The van der Waals surface area contributed by atoms with Gasteiger partial charge in [0.15, 0.2) is 16.7 Å². The van der Waals surface area contributed by atoms with E-state index < -0.39 is 0 Å². The lowest BCUT2D eigenvalue weighted by Crippen LogP contribution is -1.88. The summed E-state index contributed by atoms with van der Waals surface area (Å²) in [6, 6.07) is 17.0. The van der Waals surface area contributed by atoms with Gasteiger partial charge >= 0.3 is 0 Å². The second-order valence-corrected chi connectivity index (χ2v) is 6.46. The Morgan fingerprint density at radius 3 is 2.54 bits per heavy atom. The largest absolute Gasteiger partial charge is 0.331 e. The van der Waals surface area contributed by atoms with Gasteiger partial charge in [-0.25, -0.2) is 4.99 Å². The number of anilines is 2. The van der Waals surface area contributed by atoms with Gasteiger partial charge in [0, 0.05) is 23.8 Å². The van der Waals surface area contributed by atoms with Crippen LogP contribution in [0.15, 0.2) is 59.6 Å². The Kier molecular flexibility index (Phi) is 5.03. The fraction of sp³-hybridized carbons (Fsp3) is 0.0556. The molecule has 0 aliphatic carbocycles. The summed E-state index contributed by atoms with van der Waals surface area (Å²) in [5.41, 5.74) is 1.80. The van der Waals surface area contributed by atoms with Gasteiger partial charge in [0.1, 0.15) is 4.88 Å². The summed E-state index contributed by atoms with van der Waals surface area (Å²) < 4.78 is 0. The maximum Gasteiger partial charge on any atom is 0.189 e. The monoisotopic (exact) mass is 355 g/mol. The molecule has 2 aromatic carbocycles. The average Bonchev–Trinajstić information content (AvgIpc) is 2.99. The number of benzene rings is 2. The van der Waals surface area contributed by atoms with E-state index in [1.807, 2.05) is 42.5 Å². The molecule has 0 saturated carbocycles. The standard InChI is InChI=1S/C18H14ClN3OS/c1-12(23)16-17(20-11-13-5-3-2-4-6-13)22-18(24-16)21-15-9-7-14(19)8-10-15/h2-11H,1H3,(H,21,22)/b20-11+. The molecule has 1 heterocycles. The van der Waals surface area contributed by atoms with Crippen LogP contribution in [0.5, 0.6) is 0 Å². The molecule has 24 heavy (non-hydrogen) atoms. The third-order valence-electron chi connectivity index (χ3n) is 3.16. The molecule has 0 spiro atoms. The van der Waals surface area contributed by atoms with E-state index >= 15 is 0 Å². The van der Waals surface area contributed by atoms with E-state index in [0.29, 0.717) is 20.8 Å². The molecular weight excluding hydrogens is 342 g/mol. The van der Waals surface area contributed by atoms with E-state index in [4.69, 9.17) is 11.6 Å². The van der Waals surface area contributed by atoms with Gasteiger partial charge in [-0.3, -0.25) is 4.79 Å². The number of thiazole rings is 1. The highest BCUT2D eigenvalue weighted by Crippen LogP contribution is 2.31. The first-order valence-electron chi connectivity index (χ1n) is 7.25. The topological polar surface area (TPSA) is 54.4 Å².